The molecule has 3 nitrogen and oxygen atoms in total. The highest BCUT2D eigenvalue weighted by Gasteiger charge is 2.04. The van der Waals surface area contributed by atoms with Crippen molar-refractivity contribution in [3.63, 3.8) is 0 Å². The first-order valence-electron chi connectivity index (χ1n) is 5.60. The quantitative estimate of drug-likeness (QED) is 0.884. The second-order valence-electron chi connectivity index (χ2n) is 4.08. The zero-order valence-corrected chi connectivity index (χ0v) is 11.6. The fraction of sp³-hybridized carbons (Fsp3) is 0.143. The maximum absolute atomic E-state index is 11.8. The Labute approximate surface area is 114 Å². The van der Waals surface area contributed by atoms with Crippen LogP contribution in [-0.4, -0.2) is 10.9 Å². The molecular weight excluding hydrogens is 292 g/mol. The standard InChI is InChI=1S/C14H13BrN2O/c1-10-2-4-11(5-3-10)8-14(18)17-12-6-7-13(15)16-9-12/h2-7,9H,8H2,1H3,(H,17,18). The second-order valence-corrected chi connectivity index (χ2v) is 4.89. The van der Waals surface area contributed by atoms with Gasteiger partial charge in [-0.25, -0.2) is 4.98 Å². The summed E-state index contributed by atoms with van der Waals surface area (Å²) in [6.45, 7) is 2.03. The number of rotatable bonds is 3. The molecule has 18 heavy (non-hydrogen) atoms. The van der Waals surface area contributed by atoms with Crippen LogP contribution in [0.4, 0.5) is 5.69 Å². The number of hydrogen-bond donors (Lipinski definition) is 1. The Hall–Kier alpha value is -1.68. The third kappa shape index (κ3) is 3.67. The van der Waals surface area contributed by atoms with E-state index in [9.17, 15) is 4.79 Å². The third-order valence-corrected chi connectivity index (χ3v) is 2.97. The highest BCUT2D eigenvalue weighted by molar-refractivity contribution is 9.10. The Kier molecular flexibility index (Phi) is 4.10. The first-order chi connectivity index (χ1) is 8.63. The summed E-state index contributed by atoms with van der Waals surface area (Å²) in [7, 11) is 0. The van der Waals surface area contributed by atoms with Gasteiger partial charge in [0, 0.05) is 0 Å². The molecule has 0 bridgehead atoms. The minimum Gasteiger partial charge on any atom is -0.324 e. The van der Waals surface area contributed by atoms with Crippen molar-refractivity contribution < 1.29 is 4.79 Å². The number of aryl methyl sites for hydroxylation is 1. The number of hydrogen-bond acceptors (Lipinski definition) is 2. The number of amides is 1. The highest BCUT2D eigenvalue weighted by Crippen LogP contribution is 2.11. The van der Waals surface area contributed by atoms with Gasteiger partial charge in [0.25, 0.3) is 0 Å². The Morgan fingerprint density at radius 1 is 1.22 bits per heavy atom. The summed E-state index contributed by atoms with van der Waals surface area (Å²) in [5.41, 5.74) is 2.90. The number of carbonyl (C=O) groups is 1. The maximum Gasteiger partial charge on any atom is 0.228 e. The lowest BCUT2D eigenvalue weighted by molar-refractivity contribution is -0.115. The van der Waals surface area contributed by atoms with Crippen molar-refractivity contribution in [2.45, 2.75) is 13.3 Å². The van der Waals surface area contributed by atoms with Crippen molar-refractivity contribution in [3.05, 3.63) is 58.3 Å². The summed E-state index contributed by atoms with van der Waals surface area (Å²) < 4.78 is 0.749. The summed E-state index contributed by atoms with van der Waals surface area (Å²) >= 11 is 3.25. The van der Waals surface area contributed by atoms with E-state index in [0.29, 0.717) is 12.1 Å². The molecule has 0 unspecified atom stereocenters. The van der Waals surface area contributed by atoms with Crippen LogP contribution in [0.5, 0.6) is 0 Å². The van der Waals surface area contributed by atoms with Gasteiger partial charge in [-0.15, -0.1) is 0 Å². The van der Waals surface area contributed by atoms with Gasteiger partial charge in [-0.2, -0.15) is 0 Å². The molecule has 2 aromatic rings. The predicted octanol–water partition coefficient (Wildman–Crippen LogP) is 3.33. The number of pyridine rings is 1. The lowest BCUT2D eigenvalue weighted by Crippen LogP contribution is -2.14. The molecule has 1 aromatic heterocycles. The minimum absolute atomic E-state index is 0.0389. The van der Waals surface area contributed by atoms with Crippen molar-refractivity contribution in [3.8, 4) is 0 Å². The predicted molar refractivity (Wildman–Crippen MR) is 75.4 cm³/mol. The molecule has 0 saturated carbocycles. The van der Waals surface area contributed by atoms with E-state index in [0.717, 1.165) is 10.2 Å². The second kappa shape index (κ2) is 5.78. The van der Waals surface area contributed by atoms with E-state index in [1.807, 2.05) is 37.3 Å². The van der Waals surface area contributed by atoms with E-state index in [2.05, 4.69) is 26.2 Å². The third-order valence-electron chi connectivity index (χ3n) is 2.50. The van der Waals surface area contributed by atoms with E-state index in [-0.39, 0.29) is 5.91 Å². The largest absolute Gasteiger partial charge is 0.324 e. The smallest absolute Gasteiger partial charge is 0.228 e. The molecule has 0 spiro atoms. The topological polar surface area (TPSA) is 42.0 Å². The molecule has 0 aliphatic rings. The fourth-order valence-corrected chi connectivity index (χ4v) is 1.78. The first kappa shape index (κ1) is 12.8. The first-order valence-corrected chi connectivity index (χ1v) is 6.40. The number of benzene rings is 1. The molecule has 1 N–H and O–H groups in total. The van der Waals surface area contributed by atoms with Crippen molar-refractivity contribution in [1.82, 2.24) is 4.98 Å². The summed E-state index contributed by atoms with van der Waals surface area (Å²) in [5.74, 6) is -0.0389. The van der Waals surface area contributed by atoms with E-state index in [1.165, 1.54) is 5.56 Å². The average molecular weight is 305 g/mol. The minimum atomic E-state index is -0.0389. The van der Waals surface area contributed by atoms with Crippen LogP contribution in [0, 0.1) is 6.92 Å². The fourth-order valence-electron chi connectivity index (χ4n) is 1.55. The summed E-state index contributed by atoms with van der Waals surface area (Å²) in [5, 5.41) is 2.81. The van der Waals surface area contributed by atoms with E-state index < -0.39 is 0 Å². The number of nitrogens with zero attached hydrogens (tertiary/aromatic N) is 1. The normalized spacial score (nSPS) is 10.1. The Morgan fingerprint density at radius 2 is 1.94 bits per heavy atom. The Balaban J connectivity index is 1.96. The molecule has 0 atom stereocenters. The van der Waals surface area contributed by atoms with Gasteiger partial charge in [-0.3, -0.25) is 4.79 Å². The molecule has 92 valence electrons. The molecule has 0 radical (unpaired) electrons. The molecule has 0 aliphatic carbocycles. The number of aromatic nitrogens is 1. The van der Waals surface area contributed by atoms with Crippen LogP contribution >= 0.6 is 15.9 Å². The molecule has 0 saturated heterocycles. The van der Waals surface area contributed by atoms with Crippen LogP contribution in [-0.2, 0) is 11.2 Å². The van der Waals surface area contributed by atoms with Gasteiger partial charge in [0.1, 0.15) is 4.60 Å². The molecule has 1 aromatic carbocycles. The van der Waals surface area contributed by atoms with Gasteiger partial charge in [0.2, 0.25) is 5.91 Å². The van der Waals surface area contributed by atoms with Gasteiger partial charge in [0.05, 0.1) is 18.3 Å². The lowest BCUT2D eigenvalue weighted by atomic mass is 10.1. The highest BCUT2D eigenvalue weighted by atomic mass is 79.9. The average Bonchev–Trinajstić information content (AvgIpc) is 2.35. The van der Waals surface area contributed by atoms with Gasteiger partial charge in [-0.1, -0.05) is 29.8 Å². The number of nitrogens with one attached hydrogen (secondary N) is 1. The van der Waals surface area contributed by atoms with Gasteiger partial charge in [-0.05, 0) is 40.5 Å². The molecule has 0 fully saturated rings. The van der Waals surface area contributed by atoms with Crippen LogP contribution in [0.15, 0.2) is 47.2 Å². The van der Waals surface area contributed by atoms with Crippen molar-refractivity contribution in [2.24, 2.45) is 0 Å². The van der Waals surface area contributed by atoms with E-state index in [4.69, 9.17) is 0 Å². The summed E-state index contributed by atoms with van der Waals surface area (Å²) in [6, 6.07) is 11.5. The molecular formula is C14H13BrN2O. The molecule has 0 aliphatic heterocycles. The zero-order valence-electron chi connectivity index (χ0n) is 9.98. The van der Waals surface area contributed by atoms with E-state index in [1.54, 1.807) is 12.3 Å². The van der Waals surface area contributed by atoms with Crippen molar-refractivity contribution >= 4 is 27.5 Å². The van der Waals surface area contributed by atoms with Gasteiger partial charge in [0.15, 0.2) is 0 Å². The molecule has 1 amide bonds. The van der Waals surface area contributed by atoms with Crippen LogP contribution < -0.4 is 5.32 Å². The van der Waals surface area contributed by atoms with Crippen LogP contribution in [0.3, 0.4) is 0 Å². The van der Waals surface area contributed by atoms with Crippen LogP contribution in [0.1, 0.15) is 11.1 Å². The Morgan fingerprint density at radius 3 is 2.56 bits per heavy atom. The number of anilines is 1. The van der Waals surface area contributed by atoms with Gasteiger partial charge < -0.3 is 5.32 Å². The monoisotopic (exact) mass is 304 g/mol. The van der Waals surface area contributed by atoms with Gasteiger partial charge >= 0.3 is 0 Å². The maximum atomic E-state index is 11.8. The van der Waals surface area contributed by atoms with E-state index >= 15 is 0 Å². The molecule has 1 heterocycles. The molecule has 2 rings (SSSR count). The lowest BCUT2D eigenvalue weighted by Gasteiger charge is -2.05. The van der Waals surface area contributed by atoms with Crippen LogP contribution in [0.25, 0.3) is 0 Å². The SMILES string of the molecule is Cc1ccc(CC(=O)Nc2ccc(Br)nc2)cc1. The summed E-state index contributed by atoms with van der Waals surface area (Å²) in [4.78, 5) is 15.9. The van der Waals surface area contributed by atoms with Crippen molar-refractivity contribution in [2.75, 3.05) is 5.32 Å². The Bertz CT molecular complexity index is 485. The zero-order chi connectivity index (χ0) is 13.0. The van der Waals surface area contributed by atoms with Crippen LogP contribution in [0.2, 0.25) is 0 Å². The number of halogens is 1. The van der Waals surface area contributed by atoms with Crippen molar-refractivity contribution in [1.29, 1.82) is 0 Å². The summed E-state index contributed by atoms with van der Waals surface area (Å²) in [6.07, 6.45) is 1.99. The number of carbonyl (C=O) groups excluding carboxylic acids is 1. The molecule has 4 heteroatoms.